The van der Waals surface area contributed by atoms with E-state index >= 15 is 0 Å². The van der Waals surface area contributed by atoms with Gasteiger partial charge in [0.2, 0.25) is 0 Å². The molecule has 0 saturated carbocycles. The van der Waals surface area contributed by atoms with Crippen LogP contribution in [-0.2, 0) is 14.3 Å². The Morgan fingerprint density at radius 1 is 1.29 bits per heavy atom. The number of rotatable bonds is 5. The number of carbonyl (C=O) groups excluding carboxylic acids is 1. The topological polar surface area (TPSA) is 63.6 Å². The molecule has 0 rings (SSSR count). The van der Waals surface area contributed by atoms with Crippen LogP contribution in [-0.4, -0.2) is 23.7 Å². The van der Waals surface area contributed by atoms with Crippen molar-refractivity contribution >= 4 is 11.9 Å². The smallest absolute Gasteiger partial charge is 0.313 e. The first kappa shape index (κ1) is 15.7. The number of carboxylic acid groups (broad SMARTS) is 1. The van der Waals surface area contributed by atoms with Gasteiger partial charge in [0.1, 0.15) is 6.61 Å². The van der Waals surface area contributed by atoms with Crippen molar-refractivity contribution < 1.29 is 19.4 Å². The van der Waals surface area contributed by atoms with E-state index in [1.807, 2.05) is 40.7 Å². The third kappa shape index (κ3) is 6.76. The van der Waals surface area contributed by atoms with Gasteiger partial charge in [0.05, 0.1) is 12.3 Å². The molecular formula is C13H22O4. The molecule has 0 aromatic heterocycles. The summed E-state index contributed by atoms with van der Waals surface area (Å²) < 4.78 is 4.98. The van der Waals surface area contributed by atoms with Gasteiger partial charge in [0.25, 0.3) is 0 Å². The molecule has 0 aliphatic rings. The minimum absolute atomic E-state index is 0.0721. The minimum Gasteiger partial charge on any atom is -0.481 e. The van der Waals surface area contributed by atoms with Gasteiger partial charge in [-0.1, -0.05) is 32.4 Å². The second-order valence-electron chi connectivity index (χ2n) is 5.40. The molecule has 0 aromatic rings. The highest BCUT2D eigenvalue weighted by atomic mass is 16.5. The summed E-state index contributed by atoms with van der Waals surface area (Å²) in [5.41, 5.74) is 0.803. The molecule has 0 aliphatic carbocycles. The Morgan fingerprint density at radius 2 is 1.82 bits per heavy atom. The Kier molecular flexibility index (Phi) is 5.93. The van der Waals surface area contributed by atoms with E-state index in [2.05, 4.69) is 0 Å². The second-order valence-corrected chi connectivity index (χ2v) is 5.40. The predicted molar refractivity (Wildman–Crippen MR) is 65.6 cm³/mol. The van der Waals surface area contributed by atoms with Crippen LogP contribution in [0.25, 0.3) is 0 Å². The van der Waals surface area contributed by atoms with Crippen molar-refractivity contribution in [1.82, 2.24) is 0 Å². The fraction of sp³-hybridized carbons (Fsp3) is 0.692. The average molecular weight is 242 g/mol. The summed E-state index contributed by atoms with van der Waals surface area (Å²) in [6.45, 7) is 9.63. The predicted octanol–water partition coefficient (Wildman–Crippen LogP) is 2.63. The number of aliphatic carboxylic acids is 1. The zero-order valence-corrected chi connectivity index (χ0v) is 11.2. The summed E-state index contributed by atoms with van der Waals surface area (Å²) in [6.07, 6.45) is 1.71. The Morgan fingerprint density at radius 3 is 2.18 bits per heavy atom. The van der Waals surface area contributed by atoms with E-state index < -0.39 is 5.97 Å². The molecule has 4 nitrogen and oxygen atoms in total. The van der Waals surface area contributed by atoms with Crippen LogP contribution in [0.15, 0.2) is 11.6 Å². The van der Waals surface area contributed by atoms with Gasteiger partial charge in [-0.05, 0) is 19.3 Å². The number of allylic oxidation sites excluding steroid dienone is 1. The van der Waals surface area contributed by atoms with Crippen LogP contribution in [0, 0.1) is 11.3 Å². The molecule has 4 heteroatoms. The maximum absolute atomic E-state index is 11.8. The van der Waals surface area contributed by atoms with Gasteiger partial charge in [0, 0.05) is 0 Å². The number of carboxylic acids is 1. The van der Waals surface area contributed by atoms with E-state index in [1.165, 1.54) is 0 Å². The summed E-state index contributed by atoms with van der Waals surface area (Å²) in [5, 5.41) is 8.47. The van der Waals surface area contributed by atoms with Crippen molar-refractivity contribution in [3.05, 3.63) is 11.6 Å². The number of ether oxygens (including phenoxy) is 1. The monoisotopic (exact) mass is 242 g/mol. The van der Waals surface area contributed by atoms with E-state index in [9.17, 15) is 9.59 Å². The quantitative estimate of drug-likeness (QED) is 0.594. The Hall–Kier alpha value is -1.32. The molecular weight excluding hydrogens is 220 g/mol. The van der Waals surface area contributed by atoms with Crippen molar-refractivity contribution in [3.63, 3.8) is 0 Å². The maximum Gasteiger partial charge on any atom is 0.313 e. The Balaban J connectivity index is 4.56. The lowest BCUT2D eigenvalue weighted by Gasteiger charge is -2.26. The molecule has 98 valence electrons. The first-order valence-electron chi connectivity index (χ1n) is 5.68. The molecule has 0 amide bonds. The average Bonchev–Trinajstić information content (AvgIpc) is 2.11. The van der Waals surface area contributed by atoms with Crippen LogP contribution in [0.3, 0.4) is 0 Å². The van der Waals surface area contributed by atoms with Crippen molar-refractivity contribution in [1.29, 1.82) is 0 Å². The van der Waals surface area contributed by atoms with Gasteiger partial charge in [-0.25, -0.2) is 0 Å². The van der Waals surface area contributed by atoms with Gasteiger partial charge in [-0.2, -0.15) is 0 Å². The normalized spacial score (nSPS) is 12.8. The van der Waals surface area contributed by atoms with Gasteiger partial charge in [-0.15, -0.1) is 0 Å². The summed E-state index contributed by atoms with van der Waals surface area (Å²) in [4.78, 5) is 22.2. The van der Waals surface area contributed by atoms with Crippen molar-refractivity contribution in [2.75, 3.05) is 6.61 Å². The fourth-order valence-electron chi connectivity index (χ4n) is 1.33. The van der Waals surface area contributed by atoms with Crippen molar-refractivity contribution in [3.8, 4) is 0 Å². The highest BCUT2D eigenvalue weighted by Crippen LogP contribution is 2.29. The van der Waals surface area contributed by atoms with E-state index in [1.54, 1.807) is 0 Å². The van der Waals surface area contributed by atoms with Crippen LogP contribution in [0.4, 0.5) is 0 Å². The molecule has 1 unspecified atom stereocenters. The zero-order chi connectivity index (χ0) is 13.6. The van der Waals surface area contributed by atoms with Crippen LogP contribution in [0.2, 0.25) is 0 Å². The first-order valence-corrected chi connectivity index (χ1v) is 5.68. The number of carbonyl (C=O) groups is 2. The van der Waals surface area contributed by atoms with E-state index in [4.69, 9.17) is 9.84 Å². The zero-order valence-electron chi connectivity index (χ0n) is 11.2. The number of hydrogen-bond acceptors (Lipinski definition) is 3. The Labute approximate surface area is 103 Å². The lowest BCUT2D eigenvalue weighted by Crippen LogP contribution is -2.29. The van der Waals surface area contributed by atoms with Crippen molar-refractivity contribution in [2.45, 2.75) is 41.0 Å². The largest absolute Gasteiger partial charge is 0.481 e. The van der Waals surface area contributed by atoms with Gasteiger partial charge in [-0.3, -0.25) is 9.59 Å². The van der Waals surface area contributed by atoms with Crippen molar-refractivity contribution in [2.24, 2.45) is 11.3 Å². The summed E-state index contributed by atoms with van der Waals surface area (Å²) >= 11 is 0. The second kappa shape index (κ2) is 6.42. The molecule has 0 heterocycles. The van der Waals surface area contributed by atoms with Crippen LogP contribution >= 0.6 is 0 Å². The molecule has 0 radical (unpaired) electrons. The third-order valence-electron chi connectivity index (χ3n) is 2.25. The molecule has 1 N–H and O–H groups in total. The maximum atomic E-state index is 11.8. The standard InChI is InChI=1S/C13H22O4/c1-9(2)8-10(13(3,4)5)12(16)17-7-6-11(14)15/h8,10H,6-7H2,1-5H3,(H,14,15). The lowest BCUT2D eigenvalue weighted by atomic mass is 9.80. The highest BCUT2D eigenvalue weighted by molar-refractivity contribution is 5.76. The fourth-order valence-corrected chi connectivity index (χ4v) is 1.33. The van der Waals surface area contributed by atoms with E-state index in [-0.39, 0.29) is 30.3 Å². The molecule has 0 bridgehead atoms. The molecule has 0 aromatic carbocycles. The minimum atomic E-state index is -0.965. The van der Waals surface area contributed by atoms with Gasteiger partial charge >= 0.3 is 11.9 Å². The van der Waals surface area contributed by atoms with Crippen LogP contribution in [0.5, 0.6) is 0 Å². The van der Waals surface area contributed by atoms with Gasteiger partial charge in [0.15, 0.2) is 0 Å². The molecule has 0 fully saturated rings. The molecule has 1 atom stereocenters. The molecule has 0 aliphatic heterocycles. The molecule has 0 saturated heterocycles. The van der Waals surface area contributed by atoms with E-state index in [0.29, 0.717) is 0 Å². The summed E-state index contributed by atoms with van der Waals surface area (Å²) in [5.74, 6) is -1.67. The lowest BCUT2D eigenvalue weighted by molar-refractivity contribution is -0.151. The summed E-state index contributed by atoms with van der Waals surface area (Å²) in [7, 11) is 0. The molecule has 17 heavy (non-hydrogen) atoms. The molecule has 0 spiro atoms. The number of esters is 1. The van der Waals surface area contributed by atoms with Crippen LogP contribution < -0.4 is 0 Å². The third-order valence-corrected chi connectivity index (χ3v) is 2.25. The first-order chi connectivity index (χ1) is 7.64. The van der Waals surface area contributed by atoms with Gasteiger partial charge < -0.3 is 9.84 Å². The SMILES string of the molecule is CC(C)=CC(C(=O)OCCC(=O)O)C(C)(C)C. The van der Waals surface area contributed by atoms with Crippen LogP contribution in [0.1, 0.15) is 41.0 Å². The highest BCUT2D eigenvalue weighted by Gasteiger charge is 2.30. The Bertz CT molecular complexity index is 306. The summed E-state index contributed by atoms with van der Waals surface area (Å²) in [6, 6.07) is 0. The van der Waals surface area contributed by atoms with E-state index in [0.717, 1.165) is 5.57 Å². The number of hydrogen-bond donors (Lipinski definition) is 1.